The molecule has 1 heterocycles. The van der Waals surface area contributed by atoms with Crippen LogP contribution in [0.15, 0.2) is 12.3 Å². The van der Waals surface area contributed by atoms with E-state index in [-0.39, 0.29) is 10.7 Å². The molecule has 0 saturated carbocycles. The molecular formula is C7H5ClN2O. The van der Waals surface area contributed by atoms with Crippen LogP contribution < -0.4 is 4.73 Å². The third kappa shape index (κ3) is 1.26. The van der Waals surface area contributed by atoms with E-state index < -0.39 is 0 Å². The van der Waals surface area contributed by atoms with Gasteiger partial charge >= 0.3 is 5.15 Å². The van der Waals surface area contributed by atoms with E-state index in [1.165, 1.54) is 6.20 Å². The Morgan fingerprint density at radius 2 is 2.36 bits per heavy atom. The molecule has 1 aromatic rings. The van der Waals surface area contributed by atoms with Crippen molar-refractivity contribution in [3.8, 4) is 6.07 Å². The molecule has 11 heavy (non-hydrogen) atoms. The smallest absolute Gasteiger partial charge is 0.304 e. The SMILES string of the molecule is Cc1cc[n+]([O-])c(Cl)c1C#N. The van der Waals surface area contributed by atoms with Crippen LogP contribution in [-0.2, 0) is 0 Å². The largest absolute Gasteiger partial charge is 0.618 e. The summed E-state index contributed by atoms with van der Waals surface area (Å²) in [5, 5.41) is 19.3. The monoisotopic (exact) mass is 168 g/mol. The molecule has 4 heteroatoms. The molecule has 0 aliphatic carbocycles. The summed E-state index contributed by atoms with van der Waals surface area (Å²) >= 11 is 5.53. The molecule has 0 radical (unpaired) electrons. The zero-order chi connectivity index (χ0) is 8.43. The average Bonchev–Trinajstić information content (AvgIpc) is 1.99. The molecule has 0 bridgehead atoms. The van der Waals surface area contributed by atoms with Crippen molar-refractivity contribution in [1.82, 2.24) is 0 Å². The van der Waals surface area contributed by atoms with E-state index in [2.05, 4.69) is 0 Å². The second-order valence-corrected chi connectivity index (χ2v) is 2.46. The first-order valence-corrected chi connectivity index (χ1v) is 3.33. The number of hydrogen-bond donors (Lipinski definition) is 0. The minimum atomic E-state index is -0.0625. The third-order valence-corrected chi connectivity index (χ3v) is 1.72. The quantitative estimate of drug-likeness (QED) is 0.332. The fourth-order valence-electron chi connectivity index (χ4n) is 0.735. The Morgan fingerprint density at radius 3 is 2.82 bits per heavy atom. The molecule has 0 aliphatic heterocycles. The van der Waals surface area contributed by atoms with Gasteiger partial charge in [-0.05, 0) is 24.1 Å². The van der Waals surface area contributed by atoms with E-state index in [1.807, 2.05) is 6.07 Å². The number of aryl methyl sites for hydroxylation is 1. The van der Waals surface area contributed by atoms with Gasteiger partial charge in [-0.3, -0.25) is 0 Å². The van der Waals surface area contributed by atoms with Gasteiger partial charge in [0.2, 0.25) is 0 Å². The van der Waals surface area contributed by atoms with Crippen LogP contribution in [0.3, 0.4) is 0 Å². The predicted molar refractivity (Wildman–Crippen MR) is 39.9 cm³/mol. The van der Waals surface area contributed by atoms with E-state index in [1.54, 1.807) is 13.0 Å². The van der Waals surface area contributed by atoms with Gasteiger partial charge in [-0.25, -0.2) is 0 Å². The Morgan fingerprint density at radius 1 is 1.73 bits per heavy atom. The molecule has 1 rings (SSSR count). The molecule has 0 aliphatic rings. The number of hydrogen-bond acceptors (Lipinski definition) is 2. The van der Waals surface area contributed by atoms with Crippen molar-refractivity contribution in [2.45, 2.75) is 6.92 Å². The van der Waals surface area contributed by atoms with Gasteiger partial charge in [-0.1, -0.05) is 0 Å². The normalized spacial score (nSPS) is 9.18. The first-order valence-electron chi connectivity index (χ1n) is 2.95. The maximum atomic E-state index is 10.8. The number of pyridine rings is 1. The number of aromatic nitrogens is 1. The van der Waals surface area contributed by atoms with Gasteiger partial charge < -0.3 is 5.21 Å². The zero-order valence-electron chi connectivity index (χ0n) is 5.84. The van der Waals surface area contributed by atoms with Crippen molar-refractivity contribution in [2.24, 2.45) is 0 Å². The second kappa shape index (κ2) is 2.77. The van der Waals surface area contributed by atoms with Crippen LogP contribution in [0.2, 0.25) is 5.15 Å². The Labute approximate surface area is 69.0 Å². The molecule has 0 aromatic carbocycles. The maximum Gasteiger partial charge on any atom is 0.304 e. The lowest BCUT2D eigenvalue weighted by Crippen LogP contribution is -2.27. The van der Waals surface area contributed by atoms with E-state index >= 15 is 0 Å². The van der Waals surface area contributed by atoms with E-state index in [0.717, 1.165) is 0 Å². The summed E-state index contributed by atoms with van der Waals surface area (Å²) in [6.07, 6.45) is 1.28. The summed E-state index contributed by atoms with van der Waals surface area (Å²) in [6.45, 7) is 1.73. The van der Waals surface area contributed by atoms with Gasteiger partial charge in [-0.15, -0.1) is 0 Å². The van der Waals surface area contributed by atoms with Gasteiger partial charge in [0.25, 0.3) is 0 Å². The number of nitriles is 1. The van der Waals surface area contributed by atoms with Gasteiger partial charge in [0.05, 0.1) is 0 Å². The van der Waals surface area contributed by atoms with E-state index in [0.29, 0.717) is 10.3 Å². The van der Waals surface area contributed by atoms with Crippen LogP contribution in [0.1, 0.15) is 11.1 Å². The molecular weight excluding hydrogens is 164 g/mol. The average molecular weight is 169 g/mol. The summed E-state index contributed by atoms with van der Waals surface area (Å²) in [5.41, 5.74) is 0.953. The van der Waals surface area contributed by atoms with Crippen molar-refractivity contribution in [3.05, 3.63) is 33.8 Å². The lowest BCUT2D eigenvalue weighted by atomic mass is 10.2. The predicted octanol–water partition coefficient (Wildman–Crippen LogP) is 1.15. The summed E-state index contributed by atoms with van der Waals surface area (Å²) in [4.78, 5) is 0. The lowest BCUT2D eigenvalue weighted by Gasteiger charge is -2.00. The van der Waals surface area contributed by atoms with Crippen LogP contribution in [-0.4, -0.2) is 0 Å². The van der Waals surface area contributed by atoms with Crippen LogP contribution >= 0.6 is 11.6 Å². The van der Waals surface area contributed by atoms with Crippen molar-refractivity contribution in [2.75, 3.05) is 0 Å². The molecule has 3 nitrogen and oxygen atoms in total. The van der Waals surface area contributed by atoms with Crippen molar-refractivity contribution in [1.29, 1.82) is 5.26 Å². The Balaban J connectivity index is 3.44. The number of halogens is 1. The van der Waals surface area contributed by atoms with E-state index in [4.69, 9.17) is 16.9 Å². The molecule has 56 valence electrons. The van der Waals surface area contributed by atoms with Gasteiger partial charge in [0, 0.05) is 6.07 Å². The molecule has 0 N–H and O–H groups in total. The molecule has 0 amide bonds. The highest BCUT2D eigenvalue weighted by atomic mass is 35.5. The maximum absolute atomic E-state index is 10.8. The first-order chi connectivity index (χ1) is 5.16. The van der Waals surface area contributed by atoms with Crippen LogP contribution in [0.25, 0.3) is 0 Å². The Hall–Kier alpha value is -1.27. The van der Waals surface area contributed by atoms with Crippen molar-refractivity contribution >= 4 is 11.6 Å². The van der Waals surface area contributed by atoms with Crippen LogP contribution in [0.5, 0.6) is 0 Å². The molecule has 0 atom stereocenters. The summed E-state index contributed by atoms with van der Waals surface area (Å²) in [5.74, 6) is 0. The van der Waals surface area contributed by atoms with Gasteiger partial charge in [0.1, 0.15) is 11.6 Å². The lowest BCUT2D eigenvalue weighted by molar-refractivity contribution is -0.603. The standard InChI is InChI=1S/C7H5ClN2O/c1-5-2-3-10(11)7(8)6(5)4-9/h2-3H,1H3. The van der Waals surface area contributed by atoms with Crippen LogP contribution in [0.4, 0.5) is 0 Å². The Bertz CT molecular complexity index is 330. The molecule has 0 fully saturated rings. The van der Waals surface area contributed by atoms with E-state index in [9.17, 15) is 5.21 Å². The van der Waals surface area contributed by atoms with Crippen molar-refractivity contribution < 1.29 is 4.73 Å². The summed E-state index contributed by atoms with van der Waals surface area (Å²) < 4.78 is 0.465. The number of rotatable bonds is 0. The minimum absolute atomic E-state index is 0.0625. The highest BCUT2D eigenvalue weighted by Crippen LogP contribution is 2.12. The zero-order valence-corrected chi connectivity index (χ0v) is 6.59. The highest BCUT2D eigenvalue weighted by molar-refractivity contribution is 6.29. The summed E-state index contributed by atoms with van der Waals surface area (Å²) in [7, 11) is 0. The molecule has 0 spiro atoms. The highest BCUT2D eigenvalue weighted by Gasteiger charge is 2.11. The number of nitrogens with zero attached hydrogens (tertiary/aromatic N) is 2. The summed E-state index contributed by atoms with van der Waals surface area (Å²) in [6, 6.07) is 3.40. The third-order valence-electron chi connectivity index (χ3n) is 1.37. The topological polar surface area (TPSA) is 50.7 Å². The molecule has 1 aromatic heterocycles. The second-order valence-electron chi connectivity index (χ2n) is 2.10. The van der Waals surface area contributed by atoms with Crippen LogP contribution in [0, 0.1) is 23.5 Å². The van der Waals surface area contributed by atoms with Crippen molar-refractivity contribution in [3.63, 3.8) is 0 Å². The first kappa shape index (κ1) is 7.83. The fourth-order valence-corrected chi connectivity index (χ4v) is 0.983. The molecule has 0 unspecified atom stereocenters. The van der Waals surface area contributed by atoms with Gasteiger partial charge in [-0.2, -0.15) is 9.99 Å². The minimum Gasteiger partial charge on any atom is -0.618 e. The van der Waals surface area contributed by atoms with Gasteiger partial charge in [0.15, 0.2) is 6.20 Å². The fraction of sp³-hybridized carbons (Fsp3) is 0.143. The Kier molecular flexibility index (Phi) is 1.97. The molecule has 0 saturated heterocycles.